The van der Waals surface area contributed by atoms with E-state index in [1.165, 1.54) is 12.1 Å². The molecule has 2 nitrogen and oxygen atoms in total. The van der Waals surface area contributed by atoms with Crippen molar-refractivity contribution in [3.8, 4) is 5.75 Å². The topological polar surface area (TPSA) is 12.2 Å². The van der Waals surface area contributed by atoms with Gasteiger partial charge in [0.05, 0.1) is 7.11 Å². The molecule has 2 atom stereocenters. The molecule has 1 aromatic carbocycles. The minimum atomic E-state index is 0.663. The first kappa shape index (κ1) is 8.57. The van der Waals surface area contributed by atoms with Gasteiger partial charge in [0, 0.05) is 12.6 Å². The van der Waals surface area contributed by atoms with Gasteiger partial charge in [-0.2, -0.15) is 0 Å². The van der Waals surface area contributed by atoms with Gasteiger partial charge in [0.2, 0.25) is 0 Å². The summed E-state index contributed by atoms with van der Waals surface area (Å²) < 4.78 is 5.11. The molecule has 0 aromatic heterocycles. The highest BCUT2D eigenvalue weighted by Gasteiger charge is 2.33. The second kappa shape index (κ2) is 3.38. The Morgan fingerprint density at radius 2 is 2.08 bits per heavy atom. The van der Waals surface area contributed by atoms with Crippen molar-refractivity contribution >= 4 is 0 Å². The molecule has 0 N–H and O–H groups in total. The molecule has 2 heteroatoms. The Morgan fingerprint density at radius 1 is 1.38 bits per heavy atom. The van der Waals surface area contributed by atoms with E-state index in [0.717, 1.165) is 12.3 Å². The number of likely N-dealkylation sites (N-methyl/N-ethyl adjacent to an activating group) is 1. The fourth-order valence-corrected chi connectivity index (χ4v) is 1.67. The zero-order valence-corrected chi connectivity index (χ0v) is 8.16. The number of hydrogen-bond acceptors (Lipinski definition) is 2. The van der Waals surface area contributed by atoms with E-state index in [-0.39, 0.29) is 0 Å². The lowest BCUT2D eigenvalue weighted by Gasteiger charge is -2.02. The highest BCUT2D eigenvalue weighted by Crippen LogP contribution is 2.34. The standard InChI is InChI=1S/C11H15NO/c1-3-12-8-11(12)9-4-6-10(13-2)7-5-9/h4-7,11H,3,8H2,1-2H3. The van der Waals surface area contributed by atoms with Crippen molar-refractivity contribution in [3.63, 3.8) is 0 Å². The predicted molar refractivity (Wildman–Crippen MR) is 53.0 cm³/mol. The molecule has 0 amide bonds. The smallest absolute Gasteiger partial charge is 0.118 e. The van der Waals surface area contributed by atoms with Crippen LogP contribution in [0.2, 0.25) is 0 Å². The Balaban J connectivity index is 2.07. The van der Waals surface area contributed by atoms with Crippen LogP contribution in [0.4, 0.5) is 0 Å². The third-order valence-electron chi connectivity index (χ3n) is 2.62. The molecule has 2 rings (SSSR count). The number of benzene rings is 1. The van der Waals surface area contributed by atoms with Crippen LogP contribution in [-0.4, -0.2) is 25.1 Å². The molecule has 0 radical (unpaired) electrons. The first-order valence-electron chi connectivity index (χ1n) is 4.73. The molecule has 1 aliphatic rings. The van der Waals surface area contributed by atoms with Crippen LogP contribution in [-0.2, 0) is 0 Å². The van der Waals surface area contributed by atoms with Gasteiger partial charge in [-0.3, -0.25) is 4.90 Å². The van der Waals surface area contributed by atoms with E-state index < -0.39 is 0 Å². The van der Waals surface area contributed by atoms with E-state index in [4.69, 9.17) is 4.74 Å². The average molecular weight is 177 g/mol. The van der Waals surface area contributed by atoms with Crippen molar-refractivity contribution in [2.75, 3.05) is 20.2 Å². The van der Waals surface area contributed by atoms with Crippen LogP contribution in [0.3, 0.4) is 0 Å². The lowest BCUT2D eigenvalue weighted by molar-refractivity contribution is 0.414. The molecule has 13 heavy (non-hydrogen) atoms. The quantitative estimate of drug-likeness (QED) is 0.655. The third-order valence-corrected chi connectivity index (χ3v) is 2.62. The zero-order chi connectivity index (χ0) is 9.26. The first-order valence-corrected chi connectivity index (χ1v) is 4.73. The predicted octanol–water partition coefficient (Wildman–Crippen LogP) is 2.07. The molecule has 1 heterocycles. The summed E-state index contributed by atoms with van der Waals surface area (Å²) in [6.07, 6.45) is 0. The van der Waals surface area contributed by atoms with E-state index >= 15 is 0 Å². The van der Waals surface area contributed by atoms with Crippen molar-refractivity contribution in [2.45, 2.75) is 13.0 Å². The van der Waals surface area contributed by atoms with Gasteiger partial charge in [-0.25, -0.2) is 0 Å². The van der Waals surface area contributed by atoms with Crippen LogP contribution < -0.4 is 4.74 Å². The minimum Gasteiger partial charge on any atom is -0.497 e. The molecule has 2 unspecified atom stereocenters. The summed E-state index contributed by atoms with van der Waals surface area (Å²) in [5.74, 6) is 0.937. The molecule has 0 bridgehead atoms. The Labute approximate surface area is 79.1 Å². The van der Waals surface area contributed by atoms with Gasteiger partial charge in [-0.1, -0.05) is 19.1 Å². The van der Waals surface area contributed by atoms with E-state index in [1.54, 1.807) is 7.11 Å². The van der Waals surface area contributed by atoms with Crippen LogP contribution in [0.25, 0.3) is 0 Å². The third kappa shape index (κ3) is 1.68. The molecule has 1 aliphatic heterocycles. The molecule has 1 fully saturated rings. The molecule has 1 saturated heterocycles. The first-order chi connectivity index (χ1) is 6.35. The molecule has 0 saturated carbocycles. The lowest BCUT2D eigenvalue weighted by Crippen LogP contribution is -1.95. The molecule has 0 spiro atoms. The average Bonchev–Trinajstić information content (AvgIpc) is 2.97. The van der Waals surface area contributed by atoms with Crippen molar-refractivity contribution in [2.24, 2.45) is 0 Å². The van der Waals surface area contributed by atoms with E-state index in [2.05, 4.69) is 24.0 Å². The Hall–Kier alpha value is -1.02. The van der Waals surface area contributed by atoms with Gasteiger partial charge >= 0.3 is 0 Å². The van der Waals surface area contributed by atoms with Crippen LogP contribution in [0.15, 0.2) is 24.3 Å². The van der Waals surface area contributed by atoms with Gasteiger partial charge in [0.15, 0.2) is 0 Å². The molecule has 70 valence electrons. The Morgan fingerprint density at radius 3 is 2.54 bits per heavy atom. The maximum Gasteiger partial charge on any atom is 0.118 e. The number of hydrogen-bond donors (Lipinski definition) is 0. The molecule has 1 aromatic rings. The normalized spacial score (nSPS) is 25.7. The van der Waals surface area contributed by atoms with Crippen molar-refractivity contribution in [1.82, 2.24) is 4.90 Å². The van der Waals surface area contributed by atoms with Crippen LogP contribution in [0.5, 0.6) is 5.75 Å². The van der Waals surface area contributed by atoms with Crippen LogP contribution in [0.1, 0.15) is 18.5 Å². The highest BCUT2D eigenvalue weighted by atomic mass is 16.5. The van der Waals surface area contributed by atoms with Gasteiger partial charge in [-0.05, 0) is 24.2 Å². The van der Waals surface area contributed by atoms with Gasteiger partial charge in [0.1, 0.15) is 5.75 Å². The minimum absolute atomic E-state index is 0.663. The van der Waals surface area contributed by atoms with E-state index in [0.29, 0.717) is 6.04 Å². The number of rotatable bonds is 3. The summed E-state index contributed by atoms with van der Waals surface area (Å²) in [4.78, 5) is 2.43. The maximum absolute atomic E-state index is 5.11. The monoisotopic (exact) mass is 177 g/mol. The fraction of sp³-hybridized carbons (Fsp3) is 0.455. The zero-order valence-electron chi connectivity index (χ0n) is 8.16. The number of ether oxygens (including phenoxy) is 1. The largest absolute Gasteiger partial charge is 0.497 e. The summed E-state index contributed by atoms with van der Waals surface area (Å²) >= 11 is 0. The summed E-state index contributed by atoms with van der Waals surface area (Å²) in [5.41, 5.74) is 1.41. The summed E-state index contributed by atoms with van der Waals surface area (Å²) in [6.45, 7) is 4.56. The van der Waals surface area contributed by atoms with Gasteiger partial charge < -0.3 is 4.74 Å². The number of methoxy groups -OCH3 is 1. The van der Waals surface area contributed by atoms with Gasteiger partial charge in [-0.15, -0.1) is 0 Å². The lowest BCUT2D eigenvalue weighted by atomic mass is 10.1. The summed E-state index contributed by atoms with van der Waals surface area (Å²) in [6, 6.07) is 9.03. The highest BCUT2D eigenvalue weighted by molar-refractivity contribution is 5.31. The summed E-state index contributed by atoms with van der Waals surface area (Å²) in [7, 11) is 1.70. The molecular formula is C11H15NO. The SMILES string of the molecule is CCN1CC1c1ccc(OC)cc1. The fourth-order valence-electron chi connectivity index (χ4n) is 1.67. The van der Waals surface area contributed by atoms with E-state index in [9.17, 15) is 0 Å². The van der Waals surface area contributed by atoms with Crippen molar-refractivity contribution < 1.29 is 4.74 Å². The number of nitrogens with zero attached hydrogens (tertiary/aromatic N) is 1. The maximum atomic E-state index is 5.11. The molecular weight excluding hydrogens is 162 g/mol. The van der Waals surface area contributed by atoms with Gasteiger partial charge in [0.25, 0.3) is 0 Å². The Bertz CT molecular complexity index is 281. The summed E-state index contributed by atoms with van der Waals surface area (Å²) in [5, 5.41) is 0. The van der Waals surface area contributed by atoms with Crippen LogP contribution in [0, 0.1) is 0 Å². The second-order valence-electron chi connectivity index (χ2n) is 3.38. The van der Waals surface area contributed by atoms with Crippen molar-refractivity contribution in [1.29, 1.82) is 0 Å². The van der Waals surface area contributed by atoms with E-state index in [1.807, 2.05) is 12.1 Å². The van der Waals surface area contributed by atoms with Crippen LogP contribution >= 0.6 is 0 Å². The van der Waals surface area contributed by atoms with Crippen molar-refractivity contribution in [3.05, 3.63) is 29.8 Å². The Kier molecular flexibility index (Phi) is 2.23. The molecule has 0 aliphatic carbocycles. The second-order valence-corrected chi connectivity index (χ2v) is 3.38.